The highest BCUT2D eigenvalue weighted by atomic mass is 16.3. The molecule has 31 heavy (non-hydrogen) atoms. The molecule has 1 heterocycles. The van der Waals surface area contributed by atoms with Gasteiger partial charge in [-0.25, -0.2) is 9.97 Å². The van der Waals surface area contributed by atoms with Crippen molar-refractivity contribution in [3.8, 4) is 0 Å². The van der Waals surface area contributed by atoms with E-state index < -0.39 is 6.10 Å². The Labute approximate surface area is 183 Å². The van der Waals surface area contributed by atoms with Crippen molar-refractivity contribution in [3.63, 3.8) is 0 Å². The van der Waals surface area contributed by atoms with Gasteiger partial charge < -0.3 is 15.3 Å². The van der Waals surface area contributed by atoms with Crippen molar-refractivity contribution < 1.29 is 14.7 Å². The van der Waals surface area contributed by atoms with E-state index in [2.05, 4.69) is 27.4 Å². The van der Waals surface area contributed by atoms with Crippen molar-refractivity contribution in [2.75, 3.05) is 13.6 Å². The van der Waals surface area contributed by atoms with Gasteiger partial charge in [0.15, 0.2) is 0 Å². The van der Waals surface area contributed by atoms with Gasteiger partial charge >= 0.3 is 0 Å². The Morgan fingerprint density at radius 2 is 1.87 bits per heavy atom. The smallest absolute Gasteiger partial charge is 0.257 e. The quantitative estimate of drug-likeness (QED) is 0.719. The fourth-order valence-electron chi connectivity index (χ4n) is 4.60. The minimum absolute atomic E-state index is 0.0706. The molecule has 3 rings (SSSR count). The summed E-state index contributed by atoms with van der Waals surface area (Å²) in [6.07, 6.45) is 3.56. The van der Waals surface area contributed by atoms with Crippen molar-refractivity contribution in [1.29, 1.82) is 0 Å². The Kier molecular flexibility index (Phi) is 7.05. The zero-order chi connectivity index (χ0) is 22.6. The van der Waals surface area contributed by atoms with E-state index in [1.165, 1.54) is 6.92 Å². The average Bonchev–Trinajstić information content (AvgIpc) is 2.92. The van der Waals surface area contributed by atoms with Crippen LogP contribution in [0.4, 0.5) is 0 Å². The second-order valence-corrected chi connectivity index (χ2v) is 8.60. The van der Waals surface area contributed by atoms with Crippen molar-refractivity contribution in [2.45, 2.75) is 64.0 Å². The monoisotopic (exact) mass is 424 g/mol. The fraction of sp³-hybridized carbons (Fsp3) is 0.500. The van der Waals surface area contributed by atoms with Crippen molar-refractivity contribution in [3.05, 3.63) is 59.2 Å². The maximum absolute atomic E-state index is 13.2. The lowest BCUT2D eigenvalue weighted by molar-refractivity contribution is -0.119. The molecule has 0 spiro atoms. The minimum atomic E-state index is -0.650. The Balaban J connectivity index is 1.84. The van der Waals surface area contributed by atoms with Gasteiger partial charge in [-0.1, -0.05) is 30.3 Å². The van der Waals surface area contributed by atoms with Crippen molar-refractivity contribution in [2.24, 2.45) is 0 Å². The maximum Gasteiger partial charge on any atom is 0.257 e. The van der Waals surface area contributed by atoms with E-state index in [1.807, 2.05) is 18.2 Å². The van der Waals surface area contributed by atoms with Gasteiger partial charge in [-0.2, -0.15) is 0 Å². The molecular weight excluding hydrogens is 392 g/mol. The molecule has 1 saturated carbocycles. The third-order valence-corrected chi connectivity index (χ3v) is 6.49. The number of benzene rings is 1. The first kappa shape index (κ1) is 22.9. The molecule has 1 fully saturated rings. The molecule has 2 aromatic rings. The lowest BCUT2D eigenvalue weighted by Crippen LogP contribution is -2.44. The highest BCUT2D eigenvalue weighted by Crippen LogP contribution is 2.39. The Bertz CT molecular complexity index is 934. The summed E-state index contributed by atoms with van der Waals surface area (Å²) in [6.45, 7) is 5.62. The molecule has 0 radical (unpaired) electrons. The Morgan fingerprint density at radius 3 is 2.52 bits per heavy atom. The van der Waals surface area contributed by atoms with Gasteiger partial charge in [-0.05, 0) is 45.1 Å². The molecule has 7 heteroatoms. The number of hydrogen-bond acceptors (Lipinski definition) is 5. The van der Waals surface area contributed by atoms with Crippen LogP contribution >= 0.6 is 0 Å². The topological polar surface area (TPSA) is 95.4 Å². The summed E-state index contributed by atoms with van der Waals surface area (Å²) in [5.74, 6) is 0.367. The number of aliphatic hydroxyl groups excluding tert-OH is 1. The summed E-state index contributed by atoms with van der Waals surface area (Å²) in [6, 6.07) is 9.81. The number of carbonyl (C=O) groups excluding carboxylic acids is 2. The zero-order valence-corrected chi connectivity index (χ0v) is 18.8. The largest absolute Gasteiger partial charge is 0.391 e. The molecule has 3 atom stereocenters. The molecule has 7 nitrogen and oxygen atoms in total. The van der Waals surface area contributed by atoms with Crippen molar-refractivity contribution in [1.82, 2.24) is 20.2 Å². The van der Waals surface area contributed by atoms with E-state index in [9.17, 15) is 14.7 Å². The lowest BCUT2D eigenvalue weighted by atomic mass is 9.74. The van der Waals surface area contributed by atoms with Gasteiger partial charge in [-0.15, -0.1) is 0 Å². The van der Waals surface area contributed by atoms with Crippen LogP contribution < -0.4 is 5.32 Å². The number of nitrogens with one attached hydrogen (secondary N) is 1. The van der Waals surface area contributed by atoms with E-state index in [-0.39, 0.29) is 23.3 Å². The van der Waals surface area contributed by atoms with Gasteiger partial charge in [0.25, 0.3) is 5.91 Å². The molecule has 0 saturated heterocycles. The summed E-state index contributed by atoms with van der Waals surface area (Å²) in [4.78, 5) is 34.9. The third kappa shape index (κ3) is 5.10. The van der Waals surface area contributed by atoms with E-state index in [1.54, 1.807) is 32.0 Å². The molecular formula is C24H32N4O3. The SMILES string of the molecule is CC(=O)NC[C@]1(c2ccccc2)CC[C@@H](O)[C@H](N(C)C(=O)c2cnc(C)nc2C)CC1. The highest BCUT2D eigenvalue weighted by molar-refractivity contribution is 5.95. The molecule has 1 aromatic carbocycles. The molecule has 2 N–H and O–H groups in total. The second kappa shape index (κ2) is 9.56. The average molecular weight is 425 g/mol. The normalized spacial score (nSPS) is 23.6. The van der Waals surface area contributed by atoms with Crippen molar-refractivity contribution >= 4 is 11.8 Å². The molecule has 0 aliphatic heterocycles. The van der Waals surface area contributed by atoms with Crippen LogP contribution in [0, 0.1) is 13.8 Å². The molecule has 2 amide bonds. The van der Waals surface area contributed by atoms with Gasteiger partial charge in [-0.3, -0.25) is 9.59 Å². The van der Waals surface area contributed by atoms with Crippen LogP contribution in [0.15, 0.2) is 36.5 Å². The molecule has 0 unspecified atom stereocenters. The van der Waals surface area contributed by atoms with Crippen LogP contribution in [-0.4, -0.2) is 57.5 Å². The zero-order valence-electron chi connectivity index (χ0n) is 18.8. The first-order chi connectivity index (χ1) is 14.7. The lowest BCUT2D eigenvalue weighted by Gasteiger charge is -2.34. The predicted molar refractivity (Wildman–Crippen MR) is 119 cm³/mol. The Morgan fingerprint density at radius 1 is 1.19 bits per heavy atom. The second-order valence-electron chi connectivity index (χ2n) is 8.60. The summed E-state index contributed by atoms with van der Waals surface area (Å²) < 4.78 is 0. The number of nitrogens with zero attached hydrogens (tertiary/aromatic N) is 3. The van der Waals surface area contributed by atoms with Crippen LogP contribution in [0.3, 0.4) is 0 Å². The summed E-state index contributed by atoms with van der Waals surface area (Å²) >= 11 is 0. The third-order valence-electron chi connectivity index (χ3n) is 6.49. The van der Waals surface area contributed by atoms with E-state index in [4.69, 9.17) is 0 Å². The molecule has 166 valence electrons. The van der Waals surface area contributed by atoms with Crippen LogP contribution in [0.2, 0.25) is 0 Å². The van der Waals surface area contributed by atoms with Gasteiger partial charge in [0, 0.05) is 32.1 Å². The predicted octanol–water partition coefficient (Wildman–Crippen LogP) is 2.54. The number of aromatic nitrogens is 2. The minimum Gasteiger partial charge on any atom is -0.391 e. The number of hydrogen-bond donors (Lipinski definition) is 2. The molecule has 0 bridgehead atoms. The molecule has 1 aliphatic rings. The first-order valence-electron chi connectivity index (χ1n) is 10.8. The summed E-state index contributed by atoms with van der Waals surface area (Å²) in [5.41, 5.74) is 1.96. The van der Waals surface area contributed by atoms with Crippen LogP contribution in [0.25, 0.3) is 0 Å². The van der Waals surface area contributed by atoms with E-state index >= 15 is 0 Å². The number of carbonyl (C=O) groups is 2. The van der Waals surface area contributed by atoms with Gasteiger partial charge in [0.1, 0.15) is 5.82 Å². The summed E-state index contributed by atoms with van der Waals surface area (Å²) in [5, 5.41) is 14.0. The number of amides is 2. The number of rotatable bonds is 5. The number of likely N-dealkylation sites (N-methyl/N-ethyl adjacent to an activating group) is 1. The van der Waals surface area contributed by atoms with Gasteiger partial charge in [0.2, 0.25) is 5.91 Å². The number of aliphatic hydroxyl groups is 1. The maximum atomic E-state index is 13.2. The molecule has 1 aromatic heterocycles. The van der Waals surface area contributed by atoms with E-state index in [0.29, 0.717) is 36.5 Å². The fourth-order valence-corrected chi connectivity index (χ4v) is 4.60. The Hall–Kier alpha value is -2.80. The first-order valence-corrected chi connectivity index (χ1v) is 10.8. The number of aryl methyl sites for hydroxylation is 2. The summed E-state index contributed by atoms with van der Waals surface area (Å²) in [7, 11) is 1.73. The van der Waals surface area contributed by atoms with Crippen LogP contribution in [0.1, 0.15) is 60.0 Å². The van der Waals surface area contributed by atoms with Crippen LogP contribution in [0.5, 0.6) is 0 Å². The van der Waals surface area contributed by atoms with E-state index in [0.717, 1.165) is 18.4 Å². The van der Waals surface area contributed by atoms with Crippen LogP contribution in [-0.2, 0) is 10.2 Å². The standard InChI is InChI=1S/C24H32N4O3/c1-16-20(14-25-17(2)27-16)23(31)28(4)21-10-12-24(13-11-22(21)30,15-26-18(3)29)19-8-6-5-7-9-19/h5-9,14,21-22,30H,10-13,15H2,1-4H3,(H,26,29)/t21-,22-,24-/m1/s1. The highest BCUT2D eigenvalue weighted by Gasteiger charge is 2.40. The van der Waals surface area contributed by atoms with Gasteiger partial charge in [0.05, 0.1) is 23.4 Å². The molecule has 1 aliphatic carbocycles.